The zero-order chi connectivity index (χ0) is 14.9. The molecule has 1 aromatic carbocycles. The predicted molar refractivity (Wildman–Crippen MR) is 81.3 cm³/mol. The molecule has 0 bridgehead atoms. The van der Waals surface area contributed by atoms with E-state index >= 15 is 0 Å². The summed E-state index contributed by atoms with van der Waals surface area (Å²) < 4.78 is 27.1. The van der Waals surface area contributed by atoms with Crippen LogP contribution in [0, 0.1) is 6.92 Å². The van der Waals surface area contributed by atoms with Crippen molar-refractivity contribution in [1.29, 1.82) is 0 Å². The van der Waals surface area contributed by atoms with Gasteiger partial charge >= 0.3 is 0 Å². The number of pyridine rings is 1. The van der Waals surface area contributed by atoms with Crippen LogP contribution < -0.4 is 4.72 Å². The number of hydrogen-bond acceptors (Lipinski definition) is 3. The third-order valence-corrected chi connectivity index (χ3v) is 5.01. The van der Waals surface area contributed by atoms with E-state index < -0.39 is 10.0 Å². The summed E-state index contributed by atoms with van der Waals surface area (Å²) in [4.78, 5) is 3.80. The van der Waals surface area contributed by atoms with Gasteiger partial charge in [0.2, 0.25) is 0 Å². The summed E-state index contributed by atoms with van der Waals surface area (Å²) in [6.45, 7) is 1.64. The molecule has 4 nitrogen and oxygen atoms in total. The van der Waals surface area contributed by atoms with Crippen LogP contribution in [0.5, 0.6) is 0 Å². The monoisotopic (exact) mass is 350 g/mol. The minimum atomic E-state index is -3.91. The molecule has 0 spiro atoms. The molecule has 106 valence electrons. The smallest absolute Gasteiger partial charge is 0.264 e. The van der Waals surface area contributed by atoms with Gasteiger partial charge in [0.05, 0.1) is 21.4 Å². The molecule has 0 fully saturated rings. The van der Waals surface area contributed by atoms with Gasteiger partial charge in [-0.2, -0.15) is 0 Å². The van der Waals surface area contributed by atoms with Gasteiger partial charge in [-0.3, -0.25) is 4.72 Å². The van der Waals surface area contributed by atoms with E-state index in [1.165, 1.54) is 24.3 Å². The lowest BCUT2D eigenvalue weighted by Gasteiger charge is -2.12. The molecule has 0 aliphatic carbocycles. The molecule has 20 heavy (non-hydrogen) atoms. The van der Waals surface area contributed by atoms with Crippen LogP contribution in [-0.4, -0.2) is 13.4 Å². The van der Waals surface area contributed by atoms with E-state index in [9.17, 15) is 8.42 Å². The molecule has 0 radical (unpaired) electrons. The van der Waals surface area contributed by atoms with Crippen LogP contribution in [0.1, 0.15) is 5.69 Å². The van der Waals surface area contributed by atoms with Gasteiger partial charge in [0.25, 0.3) is 10.0 Å². The minimum Gasteiger partial charge on any atom is -0.278 e. The van der Waals surface area contributed by atoms with Crippen molar-refractivity contribution in [3.63, 3.8) is 0 Å². The molecule has 0 amide bonds. The lowest BCUT2D eigenvalue weighted by Crippen LogP contribution is -2.15. The summed E-state index contributed by atoms with van der Waals surface area (Å²) in [5.41, 5.74) is 0.759. The quantitative estimate of drug-likeness (QED) is 0.845. The molecule has 1 aromatic heterocycles. The molecule has 0 saturated carbocycles. The van der Waals surface area contributed by atoms with Gasteiger partial charge in [0.1, 0.15) is 10.0 Å². The van der Waals surface area contributed by atoms with Crippen LogP contribution in [0.4, 0.5) is 5.69 Å². The molecule has 2 rings (SSSR count). The molecule has 0 saturated heterocycles. The number of hydrogen-bond donors (Lipinski definition) is 1. The SMILES string of the molecule is Cc1nc(Cl)ccc1NS(=O)(=O)c1c(Cl)cccc1Cl. The largest absolute Gasteiger partial charge is 0.278 e. The first-order valence-corrected chi connectivity index (χ1v) is 8.03. The van der Waals surface area contributed by atoms with Crippen LogP contribution in [0.15, 0.2) is 35.2 Å². The van der Waals surface area contributed by atoms with Crippen molar-refractivity contribution < 1.29 is 8.42 Å². The van der Waals surface area contributed by atoms with Crippen molar-refractivity contribution in [2.75, 3.05) is 4.72 Å². The van der Waals surface area contributed by atoms with Crippen molar-refractivity contribution in [2.24, 2.45) is 0 Å². The van der Waals surface area contributed by atoms with Crippen LogP contribution in [0.25, 0.3) is 0 Å². The topological polar surface area (TPSA) is 59.1 Å². The normalized spacial score (nSPS) is 11.4. The van der Waals surface area contributed by atoms with Gasteiger partial charge in [-0.25, -0.2) is 13.4 Å². The Labute approximate surface area is 131 Å². The zero-order valence-electron chi connectivity index (χ0n) is 10.2. The third kappa shape index (κ3) is 3.17. The fourth-order valence-corrected chi connectivity index (χ4v) is 4.03. The number of sulfonamides is 1. The Morgan fingerprint density at radius 1 is 1.05 bits per heavy atom. The number of aryl methyl sites for hydroxylation is 1. The first-order valence-electron chi connectivity index (χ1n) is 5.41. The van der Waals surface area contributed by atoms with E-state index in [2.05, 4.69) is 9.71 Å². The fourth-order valence-electron chi connectivity index (χ4n) is 1.57. The molecule has 0 unspecified atom stereocenters. The maximum atomic E-state index is 12.3. The summed E-state index contributed by atoms with van der Waals surface area (Å²) in [7, 11) is -3.91. The number of aromatic nitrogens is 1. The first kappa shape index (κ1) is 15.4. The van der Waals surface area contributed by atoms with Gasteiger partial charge in [-0.1, -0.05) is 40.9 Å². The number of anilines is 1. The highest BCUT2D eigenvalue weighted by atomic mass is 35.5. The zero-order valence-corrected chi connectivity index (χ0v) is 13.3. The standard InChI is InChI=1S/C12H9Cl3N2O2S/c1-7-10(5-6-11(15)16-7)17-20(18,19)12-8(13)3-2-4-9(12)14/h2-6,17H,1H3. The molecule has 1 heterocycles. The number of nitrogens with one attached hydrogen (secondary N) is 1. The average Bonchev–Trinajstić information content (AvgIpc) is 2.32. The second kappa shape index (κ2) is 5.77. The van der Waals surface area contributed by atoms with Crippen molar-refractivity contribution >= 4 is 50.5 Å². The molecule has 2 aromatic rings. The minimum absolute atomic E-state index is 0.0459. The van der Waals surface area contributed by atoms with Crippen LogP contribution >= 0.6 is 34.8 Å². The number of halogens is 3. The van der Waals surface area contributed by atoms with Crippen LogP contribution in [0.3, 0.4) is 0 Å². The van der Waals surface area contributed by atoms with Crippen molar-refractivity contribution in [3.8, 4) is 0 Å². The highest BCUT2D eigenvalue weighted by Gasteiger charge is 2.22. The first-order chi connectivity index (χ1) is 9.31. The Morgan fingerprint density at radius 2 is 1.65 bits per heavy atom. The highest BCUT2D eigenvalue weighted by molar-refractivity contribution is 7.93. The molecular weight excluding hydrogens is 343 g/mol. The Hall–Kier alpha value is -1.01. The summed E-state index contributed by atoms with van der Waals surface area (Å²) >= 11 is 17.5. The number of rotatable bonds is 3. The lowest BCUT2D eigenvalue weighted by molar-refractivity contribution is 0.601. The predicted octanol–water partition coefficient (Wildman–Crippen LogP) is 4.15. The molecule has 8 heteroatoms. The Balaban J connectivity index is 2.46. The summed E-state index contributed by atoms with van der Waals surface area (Å²) in [6.07, 6.45) is 0. The number of nitrogens with zero attached hydrogens (tertiary/aromatic N) is 1. The lowest BCUT2D eigenvalue weighted by atomic mass is 10.3. The second-order valence-electron chi connectivity index (χ2n) is 3.92. The van der Waals surface area contributed by atoms with Crippen molar-refractivity contribution in [1.82, 2.24) is 4.98 Å². The second-order valence-corrected chi connectivity index (χ2v) is 6.74. The highest BCUT2D eigenvalue weighted by Crippen LogP contribution is 2.31. The Morgan fingerprint density at radius 3 is 2.20 bits per heavy atom. The fraction of sp³-hybridized carbons (Fsp3) is 0.0833. The number of benzene rings is 1. The van der Waals surface area contributed by atoms with E-state index in [1.54, 1.807) is 13.0 Å². The van der Waals surface area contributed by atoms with E-state index in [-0.39, 0.29) is 20.1 Å². The molecule has 1 N–H and O–H groups in total. The van der Waals surface area contributed by atoms with Gasteiger partial charge in [-0.05, 0) is 31.2 Å². The van der Waals surface area contributed by atoms with E-state index in [0.29, 0.717) is 11.4 Å². The van der Waals surface area contributed by atoms with Gasteiger partial charge in [0.15, 0.2) is 0 Å². The van der Waals surface area contributed by atoms with Gasteiger partial charge in [-0.15, -0.1) is 0 Å². The summed E-state index contributed by atoms with van der Waals surface area (Å²) in [6, 6.07) is 7.48. The van der Waals surface area contributed by atoms with Gasteiger partial charge in [0, 0.05) is 0 Å². The van der Waals surface area contributed by atoms with E-state index in [4.69, 9.17) is 34.8 Å². The van der Waals surface area contributed by atoms with E-state index in [1.807, 2.05) is 0 Å². The van der Waals surface area contributed by atoms with Crippen molar-refractivity contribution in [3.05, 3.63) is 51.2 Å². The van der Waals surface area contributed by atoms with Crippen LogP contribution in [0.2, 0.25) is 15.2 Å². The Bertz CT molecular complexity index is 743. The maximum absolute atomic E-state index is 12.3. The van der Waals surface area contributed by atoms with E-state index in [0.717, 1.165) is 0 Å². The van der Waals surface area contributed by atoms with Crippen LogP contribution in [-0.2, 0) is 10.0 Å². The third-order valence-electron chi connectivity index (χ3n) is 2.48. The molecule has 0 atom stereocenters. The maximum Gasteiger partial charge on any atom is 0.264 e. The molecule has 0 aliphatic rings. The van der Waals surface area contributed by atoms with Gasteiger partial charge < -0.3 is 0 Å². The molecule has 0 aliphatic heterocycles. The summed E-state index contributed by atoms with van der Waals surface area (Å²) in [5, 5.41) is 0.371. The summed E-state index contributed by atoms with van der Waals surface area (Å²) in [5.74, 6) is 0. The average molecular weight is 352 g/mol. The Kier molecular flexibility index (Phi) is 4.44. The van der Waals surface area contributed by atoms with Crippen molar-refractivity contribution in [2.45, 2.75) is 11.8 Å². The molecular formula is C12H9Cl3N2O2S.